The van der Waals surface area contributed by atoms with Gasteiger partial charge in [0, 0.05) is 38.3 Å². The smallest absolute Gasteiger partial charge is 0.270 e. The Morgan fingerprint density at radius 1 is 0.778 bits per heavy atom. The predicted octanol–water partition coefficient (Wildman–Crippen LogP) is 3.01. The third-order valence-electron chi connectivity index (χ3n) is 4.12. The Morgan fingerprint density at radius 3 is 1.61 bits per heavy atom. The monoisotopic (exact) mass is 273 g/mol. The van der Waals surface area contributed by atoms with Crippen LogP contribution in [-0.4, -0.2) is 52.3 Å². The minimum Gasteiger partial charge on any atom is -0.270 e. The van der Waals surface area contributed by atoms with E-state index in [1.54, 1.807) is 0 Å². The van der Waals surface area contributed by atoms with E-state index in [-0.39, 0.29) is 0 Å². The zero-order valence-corrected chi connectivity index (χ0v) is 13.2. The lowest BCUT2D eigenvalue weighted by molar-refractivity contribution is 0.269. The molecule has 0 aromatic rings. The van der Waals surface area contributed by atoms with Gasteiger partial charge in [0.15, 0.2) is 0 Å². The van der Waals surface area contributed by atoms with E-state index in [9.17, 15) is 4.57 Å². The molecule has 4 nitrogen and oxygen atoms in total. The summed E-state index contributed by atoms with van der Waals surface area (Å²) in [5, 5.41) is 0. The summed E-state index contributed by atoms with van der Waals surface area (Å²) in [6, 6.07) is 0.725. The molecule has 18 heavy (non-hydrogen) atoms. The summed E-state index contributed by atoms with van der Waals surface area (Å²) in [4.78, 5) is 0. The molecule has 0 atom stereocenters. The highest BCUT2D eigenvalue weighted by atomic mass is 31.2. The van der Waals surface area contributed by atoms with Crippen LogP contribution in [0.2, 0.25) is 0 Å². The van der Waals surface area contributed by atoms with Gasteiger partial charge in [0.25, 0.3) is 7.59 Å². The van der Waals surface area contributed by atoms with Gasteiger partial charge in [-0.05, 0) is 40.5 Å². The fraction of sp³-hybridized carbons (Fsp3) is 1.00. The van der Waals surface area contributed by atoms with Crippen LogP contribution in [0.1, 0.15) is 47.0 Å². The highest BCUT2D eigenvalue weighted by Gasteiger charge is 2.49. The minimum absolute atomic E-state index is 0.363. The lowest BCUT2D eigenvalue weighted by Crippen LogP contribution is -2.40. The first-order valence-corrected chi connectivity index (χ1v) is 8.94. The first-order valence-electron chi connectivity index (χ1n) is 7.37. The standard InChI is InChI=1S/C13H28N3OP/c1-12(2)15-10-11-16(13(3)4)18(15,17)14-8-6-5-7-9-14/h12-13H,5-11H2,1-4H3. The van der Waals surface area contributed by atoms with Crippen LogP contribution < -0.4 is 0 Å². The second-order valence-corrected chi connectivity index (χ2v) is 8.66. The van der Waals surface area contributed by atoms with E-state index in [2.05, 4.69) is 41.7 Å². The van der Waals surface area contributed by atoms with E-state index in [4.69, 9.17) is 0 Å². The Labute approximate surface area is 112 Å². The number of hydrogen-bond acceptors (Lipinski definition) is 1. The molecule has 0 bridgehead atoms. The largest absolute Gasteiger partial charge is 0.287 e. The van der Waals surface area contributed by atoms with Gasteiger partial charge in [-0.25, -0.2) is 14.0 Å². The van der Waals surface area contributed by atoms with E-state index in [1.165, 1.54) is 19.3 Å². The first kappa shape index (κ1) is 14.5. The van der Waals surface area contributed by atoms with Gasteiger partial charge in [-0.2, -0.15) is 0 Å². The molecule has 0 radical (unpaired) electrons. The molecule has 2 saturated heterocycles. The van der Waals surface area contributed by atoms with E-state index < -0.39 is 7.59 Å². The molecule has 0 aromatic carbocycles. The molecule has 0 N–H and O–H groups in total. The van der Waals surface area contributed by atoms with Crippen molar-refractivity contribution in [3.63, 3.8) is 0 Å². The Kier molecular flexibility index (Phi) is 4.53. The molecule has 2 aliphatic rings. The second kappa shape index (κ2) is 5.62. The maximum Gasteiger partial charge on any atom is 0.287 e. The van der Waals surface area contributed by atoms with E-state index >= 15 is 0 Å². The van der Waals surface area contributed by atoms with Gasteiger partial charge in [0.05, 0.1) is 0 Å². The topological polar surface area (TPSA) is 26.8 Å². The lowest BCUT2D eigenvalue weighted by Gasteiger charge is -2.43. The summed E-state index contributed by atoms with van der Waals surface area (Å²) in [6.45, 7) is 12.6. The zero-order chi connectivity index (χ0) is 13.3. The Balaban J connectivity index is 2.28. The van der Waals surface area contributed by atoms with Crippen molar-refractivity contribution in [3.05, 3.63) is 0 Å². The van der Waals surface area contributed by atoms with Crippen LogP contribution in [0.4, 0.5) is 0 Å². The van der Waals surface area contributed by atoms with Crippen molar-refractivity contribution >= 4 is 7.59 Å². The van der Waals surface area contributed by atoms with Crippen molar-refractivity contribution < 1.29 is 4.57 Å². The maximum absolute atomic E-state index is 13.7. The van der Waals surface area contributed by atoms with Crippen molar-refractivity contribution in [2.45, 2.75) is 59.0 Å². The molecule has 5 heteroatoms. The van der Waals surface area contributed by atoms with Gasteiger partial charge < -0.3 is 0 Å². The van der Waals surface area contributed by atoms with Crippen LogP contribution in [0.25, 0.3) is 0 Å². The van der Waals surface area contributed by atoms with Gasteiger partial charge in [0.1, 0.15) is 0 Å². The van der Waals surface area contributed by atoms with Crippen molar-refractivity contribution in [1.82, 2.24) is 14.0 Å². The fourth-order valence-electron chi connectivity index (χ4n) is 3.19. The molecular formula is C13H28N3OP. The van der Waals surface area contributed by atoms with E-state index in [0.29, 0.717) is 12.1 Å². The van der Waals surface area contributed by atoms with E-state index in [0.717, 1.165) is 26.2 Å². The Morgan fingerprint density at radius 2 is 1.22 bits per heavy atom. The Bertz CT molecular complexity index is 306. The minimum atomic E-state index is -2.48. The molecule has 0 aliphatic carbocycles. The summed E-state index contributed by atoms with van der Waals surface area (Å²) in [6.07, 6.45) is 3.68. The summed E-state index contributed by atoms with van der Waals surface area (Å²) >= 11 is 0. The van der Waals surface area contributed by atoms with Gasteiger partial charge in [0.2, 0.25) is 0 Å². The summed E-state index contributed by atoms with van der Waals surface area (Å²) < 4.78 is 20.5. The predicted molar refractivity (Wildman–Crippen MR) is 76.7 cm³/mol. The number of nitrogens with zero attached hydrogens (tertiary/aromatic N) is 3. The molecule has 2 rings (SSSR count). The average molecular weight is 273 g/mol. The molecule has 2 heterocycles. The molecular weight excluding hydrogens is 245 g/mol. The third kappa shape index (κ3) is 2.40. The summed E-state index contributed by atoms with van der Waals surface area (Å²) in [5.41, 5.74) is 0. The summed E-state index contributed by atoms with van der Waals surface area (Å²) in [7, 11) is -2.48. The Hall–Kier alpha value is 0.110. The number of piperidine rings is 1. The van der Waals surface area contributed by atoms with E-state index in [1.807, 2.05) is 0 Å². The van der Waals surface area contributed by atoms with Crippen molar-refractivity contribution in [1.29, 1.82) is 0 Å². The van der Waals surface area contributed by atoms with Gasteiger partial charge >= 0.3 is 0 Å². The van der Waals surface area contributed by atoms with Crippen molar-refractivity contribution in [2.75, 3.05) is 26.2 Å². The highest BCUT2D eigenvalue weighted by molar-refractivity contribution is 7.56. The molecule has 0 unspecified atom stereocenters. The van der Waals surface area contributed by atoms with Crippen LogP contribution in [0.15, 0.2) is 0 Å². The maximum atomic E-state index is 13.7. The number of hydrogen-bond donors (Lipinski definition) is 0. The van der Waals surface area contributed by atoms with Crippen LogP contribution in [-0.2, 0) is 4.57 Å². The first-order chi connectivity index (χ1) is 8.48. The molecule has 2 fully saturated rings. The third-order valence-corrected chi connectivity index (χ3v) is 7.92. The second-order valence-electron chi connectivity index (χ2n) is 6.04. The highest BCUT2D eigenvalue weighted by Crippen LogP contribution is 2.62. The SMILES string of the molecule is CC(C)N1CCN(C(C)C)P1(=O)N1CCCCC1. The van der Waals surface area contributed by atoms with Crippen LogP contribution >= 0.6 is 7.59 Å². The fourth-order valence-corrected chi connectivity index (χ4v) is 6.85. The normalized spacial score (nSPS) is 27.4. The van der Waals surface area contributed by atoms with Crippen molar-refractivity contribution in [2.24, 2.45) is 0 Å². The molecule has 0 saturated carbocycles. The molecule has 106 valence electrons. The quantitative estimate of drug-likeness (QED) is 0.739. The average Bonchev–Trinajstić information content (AvgIpc) is 2.69. The van der Waals surface area contributed by atoms with Gasteiger partial charge in [-0.1, -0.05) is 6.42 Å². The van der Waals surface area contributed by atoms with Gasteiger partial charge in [-0.15, -0.1) is 0 Å². The summed E-state index contributed by atoms with van der Waals surface area (Å²) in [5.74, 6) is 0. The lowest BCUT2D eigenvalue weighted by atomic mass is 10.2. The molecule has 0 amide bonds. The molecule has 0 spiro atoms. The molecule has 0 aromatic heterocycles. The van der Waals surface area contributed by atoms with Crippen LogP contribution in [0.3, 0.4) is 0 Å². The number of rotatable bonds is 3. The van der Waals surface area contributed by atoms with Crippen molar-refractivity contribution in [3.8, 4) is 0 Å². The molecule has 2 aliphatic heterocycles. The zero-order valence-electron chi connectivity index (χ0n) is 12.3. The van der Waals surface area contributed by atoms with Gasteiger partial charge in [-0.3, -0.25) is 4.57 Å². The van der Waals surface area contributed by atoms with Crippen LogP contribution in [0.5, 0.6) is 0 Å². The van der Waals surface area contributed by atoms with Crippen LogP contribution in [0, 0.1) is 0 Å².